The van der Waals surface area contributed by atoms with E-state index >= 15 is 0 Å². The Kier molecular flexibility index (Phi) is 4.08. The van der Waals surface area contributed by atoms with Crippen molar-refractivity contribution in [1.82, 2.24) is 0 Å². The molecule has 114 valence electrons. The Morgan fingerprint density at radius 3 is 2.62 bits per heavy atom. The highest BCUT2D eigenvalue weighted by Gasteiger charge is 2.30. The molecule has 1 aliphatic heterocycles. The third-order valence-corrected chi connectivity index (χ3v) is 4.39. The second kappa shape index (κ2) is 5.51. The molecule has 1 atom stereocenters. The van der Waals surface area contributed by atoms with E-state index in [0.29, 0.717) is 0 Å². The van der Waals surface area contributed by atoms with Crippen molar-refractivity contribution in [1.29, 1.82) is 0 Å². The number of hydrogen-bond donors (Lipinski definition) is 1. The molecule has 1 aromatic rings. The first kappa shape index (κ1) is 15.6. The van der Waals surface area contributed by atoms with Gasteiger partial charge in [-0.15, -0.1) is 0 Å². The zero-order chi connectivity index (χ0) is 15.7. The molecule has 8 heteroatoms. The molecular weight excluding hydrogens is 307 g/mol. The van der Waals surface area contributed by atoms with Crippen LogP contribution in [0.1, 0.15) is 12.0 Å². The van der Waals surface area contributed by atoms with E-state index in [0.717, 1.165) is 17.5 Å². The minimum Gasteiger partial charge on any atom is -0.326 e. The molecule has 1 unspecified atom stereocenters. The molecule has 0 saturated heterocycles. The maximum atomic E-state index is 12.5. The first-order valence-corrected chi connectivity index (χ1v) is 7.75. The molecule has 0 spiro atoms. The van der Waals surface area contributed by atoms with Crippen molar-refractivity contribution in [3.05, 3.63) is 41.3 Å². The Bertz CT molecular complexity index is 680. The average Bonchev–Trinajstić information content (AvgIpc) is 2.67. The lowest BCUT2D eigenvalue weighted by molar-refractivity contribution is -0.137. The smallest absolute Gasteiger partial charge is 0.326 e. The summed E-state index contributed by atoms with van der Waals surface area (Å²) < 4.78 is 60.0. The molecule has 0 saturated carbocycles. The number of nitrogens with one attached hydrogen (secondary N) is 1. The summed E-state index contributed by atoms with van der Waals surface area (Å²) in [5.74, 6) is -1.12. The monoisotopic (exact) mass is 319 g/mol. The fraction of sp³-hybridized carbons (Fsp3) is 0.308. The highest BCUT2D eigenvalue weighted by Crippen LogP contribution is 2.30. The Morgan fingerprint density at radius 2 is 2.05 bits per heavy atom. The third-order valence-electron chi connectivity index (χ3n) is 2.93. The second-order valence-electron chi connectivity index (χ2n) is 4.75. The number of rotatable bonds is 3. The van der Waals surface area contributed by atoms with Gasteiger partial charge in [-0.1, -0.05) is 12.1 Å². The number of allylic oxidation sites excluding steroid dienone is 1. The molecule has 1 aliphatic rings. The second-order valence-corrected chi connectivity index (χ2v) is 6.68. The molecule has 4 nitrogen and oxygen atoms in total. The van der Waals surface area contributed by atoms with Gasteiger partial charge >= 0.3 is 6.18 Å². The normalized spacial score (nSPS) is 20.4. The molecule has 2 rings (SSSR count). The van der Waals surface area contributed by atoms with Crippen LogP contribution in [-0.2, 0) is 20.8 Å². The van der Waals surface area contributed by atoms with E-state index in [4.69, 9.17) is 0 Å². The molecule has 1 N–H and O–H groups in total. The Morgan fingerprint density at radius 1 is 1.33 bits per heavy atom. The largest absolute Gasteiger partial charge is 0.416 e. The zero-order valence-electron chi connectivity index (χ0n) is 10.7. The summed E-state index contributed by atoms with van der Waals surface area (Å²) in [5.41, 5.74) is -0.830. The number of sulfone groups is 1. The van der Waals surface area contributed by atoms with Crippen molar-refractivity contribution in [2.24, 2.45) is 5.92 Å². The Labute approximate surface area is 119 Å². The molecule has 0 radical (unpaired) electrons. The molecule has 1 amide bonds. The van der Waals surface area contributed by atoms with Gasteiger partial charge in [0.15, 0.2) is 9.84 Å². The van der Waals surface area contributed by atoms with Crippen LogP contribution in [0.2, 0.25) is 0 Å². The van der Waals surface area contributed by atoms with Crippen LogP contribution in [-0.4, -0.2) is 20.1 Å². The van der Waals surface area contributed by atoms with Gasteiger partial charge in [-0.3, -0.25) is 4.79 Å². The zero-order valence-corrected chi connectivity index (χ0v) is 11.5. The summed E-state index contributed by atoms with van der Waals surface area (Å²) in [4.78, 5) is 11.7. The standard InChI is InChI=1S/C13H12F3NO3S/c14-13(15,16)10-2-1-3-11(7-10)17-12(18)6-9-4-5-21(19,20)8-9/h1-5,7,9H,6,8H2,(H,17,18). The van der Waals surface area contributed by atoms with Crippen LogP contribution in [0.4, 0.5) is 18.9 Å². The van der Waals surface area contributed by atoms with Crippen LogP contribution in [0.5, 0.6) is 0 Å². The predicted molar refractivity (Wildman–Crippen MR) is 71.1 cm³/mol. The van der Waals surface area contributed by atoms with E-state index in [-0.39, 0.29) is 17.9 Å². The molecule has 0 aromatic heterocycles. The van der Waals surface area contributed by atoms with Gasteiger partial charge in [0.25, 0.3) is 0 Å². The molecule has 0 aliphatic carbocycles. The van der Waals surface area contributed by atoms with Crippen LogP contribution < -0.4 is 5.32 Å². The number of carbonyl (C=O) groups excluding carboxylic acids is 1. The van der Waals surface area contributed by atoms with Crippen LogP contribution in [0.15, 0.2) is 35.7 Å². The topological polar surface area (TPSA) is 63.2 Å². The highest BCUT2D eigenvalue weighted by molar-refractivity contribution is 7.94. The highest BCUT2D eigenvalue weighted by atomic mass is 32.2. The predicted octanol–water partition coefficient (Wildman–Crippen LogP) is 2.59. The molecular formula is C13H12F3NO3S. The maximum absolute atomic E-state index is 12.5. The van der Waals surface area contributed by atoms with Crippen molar-refractivity contribution >= 4 is 21.4 Å². The van der Waals surface area contributed by atoms with Gasteiger partial charge in [0.05, 0.1) is 11.3 Å². The summed E-state index contributed by atoms with van der Waals surface area (Å²) >= 11 is 0. The quantitative estimate of drug-likeness (QED) is 0.931. The van der Waals surface area contributed by atoms with Crippen LogP contribution in [0.3, 0.4) is 0 Å². The van der Waals surface area contributed by atoms with E-state index in [1.54, 1.807) is 0 Å². The van der Waals surface area contributed by atoms with Gasteiger partial charge in [0.1, 0.15) is 0 Å². The minimum absolute atomic E-state index is 0.0275. The molecule has 0 fully saturated rings. The molecule has 1 aromatic carbocycles. The van der Waals surface area contributed by atoms with E-state index < -0.39 is 33.4 Å². The van der Waals surface area contributed by atoms with Crippen LogP contribution in [0, 0.1) is 5.92 Å². The number of amides is 1. The van der Waals surface area contributed by atoms with Crippen molar-refractivity contribution in [3.8, 4) is 0 Å². The van der Waals surface area contributed by atoms with Crippen molar-refractivity contribution in [3.63, 3.8) is 0 Å². The van der Waals surface area contributed by atoms with E-state index in [2.05, 4.69) is 5.32 Å². The van der Waals surface area contributed by atoms with Crippen molar-refractivity contribution in [2.45, 2.75) is 12.6 Å². The first-order chi connectivity index (χ1) is 9.66. The third kappa shape index (κ3) is 4.32. The van der Waals surface area contributed by atoms with Gasteiger partial charge in [0, 0.05) is 23.4 Å². The summed E-state index contributed by atoms with van der Waals surface area (Å²) in [6, 6.07) is 4.27. The van der Waals surface area contributed by atoms with Crippen molar-refractivity contribution < 1.29 is 26.4 Å². The molecule has 21 heavy (non-hydrogen) atoms. The van der Waals surface area contributed by atoms with E-state index in [9.17, 15) is 26.4 Å². The van der Waals surface area contributed by atoms with E-state index in [1.165, 1.54) is 18.2 Å². The Balaban J connectivity index is 1.99. The average molecular weight is 319 g/mol. The fourth-order valence-electron chi connectivity index (χ4n) is 1.99. The van der Waals surface area contributed by atoms with E-state index in [1.807, 2.05) is 0 Å². The number of alkyl halides is 3. The fourth-order valence-corrected chi connectivity index (χ4v) is 3.39. The van der Waals surface area contributed by atoms with Crippen LogP contribution in [0.25, 0.3) is 0 Å². The lowest BCUT2D eigenvalue weighted by atomic mass is 10.1. The number of anilines is 1. The SMILES string of the molecule is O=C(CC1C=CS(=O)(=O)C1)Nc1cccc(C(F)(F)F)c1. The number of hydrogen-bond acceptors (Lipinski definition) is 3. The summed E-state index contributed by atoms with van der Waals surface area (Å²) in [6.07, 6.45) is -3.16. The van der Waals surface area contributed by atoms with Gasteiger partial charge in [0.2, 0.25) is 5.91 Å². The lowest BCUT2D eigenvalue weighted by Crippen LogP contribution is -2.18. The maximum Gasteiger partial charge on any atom is 0.416 e. The molecule has 0 bridgehead atoms. The number of halogens is 3. The van der Waals surface area contributed by atoms with Crippen molar-refractivity contribution in [2.75, 3.05) is 11.1 Å². The summed E-state index contributed by atoms with van der Waals surface area (Å²) in [5, 5.41) is 3.39. The lowest BCUT2D eigenvalue weighted by Gasteiger charge is -2.11. The van der Waals surface area contributed by atoms with Gasteiger partial charge in [-0.2, -0.15) is 13.2 Å². The van der Waals surface area contributed by atoms with Gasteiger partial charge in [-0.25, -0.2) is 8.42 Å². The van der Waals surface area contributed by atoms with Crippen LogP contribution >= 0.6 is 0 Å². The summed E-state index contributed by atoms with van der Waals surface area (Å²) in [7, 11) is -3.25. The summed E-state index contributed by atoms with van der Waals surface area (Å²) in [6.45, 7) is 0. The Hall–Kier alpha value is -1.83. The molecule has 1 heterocycles. The minimum atomic E-state index is -4.48. The number of benzene rings is 1. The van der Waals surface area contributed by atoms with Gasteiger partial charge < -0.3 is 5.32 Å². The van der Waals surface area contributed by atoms with Gasteiger partial charge in [-0.05, 0) is 18.2 Å². The first-order valence-electron chi connectivity index (χ1n) is 6.04. The number of carbonyl (C=O) groups is 1.